The molecule has 1 heterocycles. The molecule has 0 aliphatic heterocycles. The van der Waals surface area contributed by atoms with Gasteiger partial charge in [0.2, 0.25) is 0 Å². The van der Waals surface area contributed by atoms with Gasteiger partial charge in [-0.25, -0.2) is 0 Å². The van der Waals surface area contributed by atoms with Crippen LogP contribution in [0.5, 0.6) is 0 Å². The van der Waals surface area contributed by atoms with E-state index in [1.165, 1.54) is 0 Å². The van der Waals surface area contributed by atoms with E-state index in [0.29, 0.717) is 5.56 Å². The van der Waals surface area contributed by atoms with Crippen molar-refractivity contribution in [2.75, 3.05) is 0 Å². The second kappa shape index (κ2) is 3.50. The lowest BCUT2D eigenvalue weighted by Crippen LogP contribution is -2.08. The van der Waals surface area contributed by atoms with Crippen LogP contribution in [0.15, 0.2) is 41.2 Å². The van der Waals surface area contributed by atoms with Crippen LogP contribution in [-0.4, -0.2) is 4.98 Å². The van der Waals surface area contributed by atoms with Crippen molar-refractivity contribution in [3.8, 4) is 0 Å². The van der Waals surface area contributed by atoms with Crippen LogP contribution in [0.2, 0.25) is 0 Å². The van der Waals surface area contributed by atoms with Gasteiger partial charge in [0.1, 0.15) is 0 Å². The van der Waals surface area contributed by atoms with Crippen LogP contribution >= 0.6 is 0 Å². The monoisotopic (exact) mass is 185 g/mol. The topological polar surface area (TPSA) is 32.9 Å². The maximum Gasteiger partial charge on any atom is 0.255 e. The maximum atomic E-state index is 11.5. The molecular weight excluding hydrogens is 174 g/mol. The summed E-state index contributed by atoms with van der Waals surface area (Å²) in [7, 11) is 0. The summed E-state index contributed by atoms with van der Waals surface area (Å²) < 4.78 is 0. The van der Waals surface area contributed by atoms with Crippen LogP contribution in [0.1, 0.15) is 12.5 Å². The average Bonchev–Trinajstić information content (AvgIpc) is 2.19. The Morgan fingerprint density at radius 1 is 1.29 bits per heavy atom. The minimum Gasteiger partial charge on any atom is -0.321 e. The number of allylic oxidation sites excluding steroid dienone is 1. The highest BCUT2D eigenvalue weighted by Gasteiger charge is 1.97. The van der Waals surface area contributed by atoms with Crippen molar-refractivity contribution >= 4 is 17.0 Å². The molecule has 0 aliphatic carbocycles. The van der Waals surface area contributed by atoms with Crippen molar-refractivity contribution in [1.82, 2.24) is 4.98 Å². The van der Waals surface area contributed by atoms with Gasteiger partial charge in [0.25, 0.3) is 5.56 Å². The number of benzene rings is 1. The molecule has 0 aliphatic rings. The molecule has 0 fully saturated rings. The molecule has 0 radical (unpaired) electrons. The molecular formula is C12H11NO. The number of nitrogens with one attached hydrogen (secondary N) is 1. The van der Waals surface area contributed by atoms with Crippen LogP contribution in [0, 0.1) is 0 Å². The Bertz CT molecular complexity index is 537. The second-order valence-corrected chi connectivity index (χ2v) is 3.14. The van der Waals surface area contributed by atoms with Gasteiger partial charge in [0.05, 0.1) is 0 Å². The predicted molar refractivity (Wildman–Crippen MR) is 59.3 cm³/mol. The lowest BCUT2D eigenvalue weighted by atomic mass is 10.1. The molecule has 2 heteroatoms. The summed E-state index contributed by atoms with van der Waals surface area (Å²) in [6.45, 7) is 1.90. The minimum atomic E-state index is -0.0400. The predicted octanol–water partition coefficient (Wildman–Crippen LogP) is 2.56. The standard InChI is InChI=1S/C12H11NO/c1-2-5-10-8-9-6-3-4-7-11(9)13-12(10)14/h2-8H,1H3,(H,13,14)/b5-2+. The van der Waals surface area contributed by atoms with Gasteiger partial charge >= 0.3 is 0 Å². The molecule has 2 aromatic rings. The van der Waals surface area contributed by atoms with E-state index >= 15 is 0 Å². The van der Waals surface area contributed by atoms with E-state index in [1.54, 1.807) is 0 Å². The zero-order valence-corrected chi connectivity index (χ0v) is 7.95. The van der Waals surface area contributed by atoms with Crippen molar-refractivity contribution in [3.63, 3.8) is 0 Å². The largest absolute Gasteiger partial charge is 0.321 e. The Balaban J connectivity index is 2.77. The van der Waals surface area contributed by atoms with Gasteiger partial charge in [-0.1, -0.05) is 30.4 Å². The summed E-state index contributed by atoms with van der Waals surface area (Å²) in [5, 5.41) is 1.06. The van der Waals surface area contributed by atoms with Gasteiger partial charge in [-0.05, 0) is 24.4 Å². The molecule has 0 saturated heterocycles. The van der Waals surface area contributed by atoms with E-state index in [4.69, 9.17) is 0 Å². The molecule has 2 rings (SSSR count). The van der Waals surface area contributed by atoms with E-state index in [-0.39, 0.29) is 5.56 Å². The summed E-state index contributed by atoms with van der Waals surface area (Å²) in [4.78, 5) is 14.4. The van der Waals surface area contributed by atoms with E-state index < -0.39 is 0 Å². The van der Waals surface area contributed by atoms with E-state index in [0.717, 1.165) is 10.9 Å². The number of aromatic amines is 1. The van der Waals surface area contributed by atoms with Crippen LogP contribution in [0.4, 0.5) is 0 Å². The van der Waals surface area contributed by atoms with Gasteiger partial charge < -0.3 is 4.98 Å². The van der Waals surface area contributed by atoms with Crippen LogP contribution in [-0.2, 0) is 0 Å². The Morgan fingerprint density at radius 2 is 2.07 bits per heavy atom. The number of hydrogen-bond acceptors (Lipinski definition) is 1. The average molecular weight is 185 g/mol. The fourth-order valence-corrected chi connectivity index (χ4v) is 1.47. The van der Waals surface area contributed by atoms with Gasteiger partial charge in [0.15, 0.2) is 0 Å². The third-order valence-electron chi connectivity index (χ3n) is 2.13. The summed E-state index contributed by atoms with van der Waals surface area (Å²) in [6, 6.07) is 9.65. The lowest BCUT2D eigenvalue weighted by Gasteiger charge is -1.98. The van der Waals surface area contributed by atoms with E-state index in [9.17, 15) is 4.79 Å². The number of aromatic nitrogens is 1. The molecule has 0 unspecified atom stereocenters. The molecule has 0 bridgehead atoms. The van der Waals surface area contributed by atoms with Gasteiger partial charge in [0, 0.05) is 11.1 Å². The van der Waals surface area contributed by atoms with Crippen LogP contribution in [0.25, 0.3) is 17.0 Å². The number of rotatable bonds is 1. The molecule has 14 heavy (non-hydrogen) atoms. The first-order valence-electron chi connectivity index (χ1n) is 4.56. The smallest absolute Gasteiger partial charge is 0.255 e. The summed E-state index contributed by atoms with van der Waals surface area (Å²) >= 11 is 0. The normalized spacial score (nSPS) is 11.2. The molecule has 0 amide bonds. The zero-order valence-electron chi connectivity index (χ0n) is 7.95. The Hall–Kier alpha value is -1.83. The zero-order chi connectivity index (χ0) is 9.97. The van der Waals surface area contributed by atoms with Gasteiger partial charge in [-0.2, -0.15) is 0 Å². The molecule has 70 valence electrons. The van der Waals surface area contributed by atoms with E-state index in [1.807, 2.05) is 49.4 Å². The lowest BCUT2D eigenvalue weighted by molar-refractivity contribution is 1.29. The number of hydrogen-bond donors (Lipinski definition) is 1. The van der Waals surface area contributed by atoms with Crippen LogP contribution in [0.3, 0.4) is 0 Å². The van der Waals surface area contributed by atoms with Crippen molar-refractivity contribution < 1.29 is 0 Å². The van der Waals surface area contributed by atoms with Crippen molar-refractivity contribution in [3.05, 3.63) is 52.3 Å². The third kappa shape index (κ3) is 1.46. The fourth-order valence-electron chi connectivity index (χ4n) is 1.47. The SMILES string of the molecule is C/C=C/c1cc2ccccc2[nH]c1=O. The van der Waals surface area contributed by atoms with Crippen molar-refractivity contribution in [1.29, 1.82) is 0 Å². The first-order chi connectivity index (χ1) is 6.81. The van der Waals surface area contributed by atoms with Crippen molar-refractivity contribution in [2.45, 2.75) is 6.92 Å². The van der Waals surface area contributed by atoms with Crippen molar-refractivity contribution in [2.24, 2.45) is 0 Å². The van der Waals surface area contributed by atoms with E-state index in [2.05, 4.69) is 4.98 Å². The first-order valence-corrected chi connectivity index (χ1v) is 4.56. The fraction of sp³-hybridized carbons (Fsp3) is 0.0833. The number of fused-ring (bicyclic) bond motifs is 1. The summed E-state index contributed by atoms with van der Waals surface area (Å²) in [6.07, 6.45) is 3.67. The highest BCUT2D eigenvalue weighted by Crippen LogP contribution is 2.10. The molecule has 0 atom stereocenters. The second-order valence-electron chi connectivity index (χ2n) is 3.14. The van der Waals surface area contributed by atoms with Gasteiger partial charge in [-0.3, -0.25) is 4.79 Å². The summed E-state index contributed by atoms with van der Waals surface area (Å²) in [5.74, 6) is 0. The van der Waals surface area contributed by atoms with Crippen LogP contribution < -0.4 is 5.56 Å². The highest BCUT2D eigenvalue weighted by atomic mass is 16.1. The van der Waals surface area contributed by atoms with Gasteiger partial charge in [-0.15, -0.1) is 0 Å². The maximum absolute atomic E-state index is 11.5. The molecule has 1 aromatic carbocycles. The molecule has 1 aromatic heterocycles. The number of pyridine rings is 1. The Morgan fingerprint density at radius 3 is 2.86 bits per heavy atom. The third-order valence-corrected chi connectivity index (χ3v) is 2.13. The first kappa shape index (κ1) is 8.75. The molecule has 2 nitrogen and oxygen atoms in total. The number of para-hydroxylation sites is 1. The Labute approximate surface area is 81.9 Å². The molecule has 1 N–H and O–H groups in total. The molecule has 0 saturated carbocycles. The summed E-state index contributed by atoms with van der Waals surface area (Å²) in [5.41, 5.74) is 1.54. The quantitative estimate of drug-likeness (QED) is 0.727. The number of H-pyrrole nitrogens is 1. The highest BCUT2D eigenvalue weighted by molar-refractivity contribution is 5.80. The minimum absolute atomic E-state index is 0.0400. The Kier molecular flexibility index (Phi) is 2.19. The molecule has 0 spiro atoms.